The molecular weight excluding hydrogens is 252 g/mol. The molecule has 19 heavy (non-hydrogen) atoms. The van der Waals surface area contributed by atoms with Gasteiger partial charge in [-0.15, -0.1) is 0 Å². The summed E-state index contributed by atoms with van der Waals surface area (Å²) in [6.45, 7) is 2.68. The molecule has 1 aliphatic heterocycles. The topological polar surface area (TPSA) is 88.1 Å². The van der Waals surface area contributed by atoms with Crippen molar-refractivity contribution in [3.63, 3.8) is 0 Å². The first-order valence-corrected chi connectivity index (χ1v) is 6.37. The molecule has 7 heteroatoms. The fraction of sp³-hybridized carbons (Fsp3) is 0.833. The number of aliphatic carboxylic acids is 1. The summed E-state index contributed by atoms with van der Waals surface area (Å²) in [7, 11) is 3.13. The summed E-state index contributed by atoms with van der Waals surface area (Å²) < 4.78 is 10.5. The summed E-state index contributed by atoms with van der Waals surface area (Å²) in [5.41, 5.74) is 0. The maximum Gasteiger partial charge on any atom is 0.326 e. The van der Waals surface area contributed by atoms with Crippen LogP contribution in [0.5, 0.6) is 0 Å². The van der Waals surface area contributed by atoms with Crippen LogP contribution in [0.15, 0.2) is 0 Å². The zero-order valence-electron chi connectivity index (χ0n) is 11.6. The van der Waals surface area contributed by atoms with Gasteiger partial charge in [-0.2, -0.15) is 0 Å². The van der Waals surface area contributed by atoms with Crippen molar-refractivity contribution in [1.82, 2.24) is 10.2 Å². The number of methoxy groups -OCH3 is 2. The van der Waals surface area contributed by atoms with Gasteiger partial charge >= 0.3 is 12.0 Å². The average Bonchev–Trinajstić information content (AvgIpc) is 2.81. The SMILES string of the molecule is CCC[C@H](NC(=O)N1CC(OC)C(OC)C1)C(=O)O. The Hall–Kier alpha value is -1.34. The van der Waals surface area contributed by atoms with Crippen molar-refractivity contribution in [2.45, 2.75) is 38.0 Å². The van der Waals surface area contributed by atoms with Gasteiger partial charge in [0, 0.05) is 14.2 Å². The van der Waals surface area contributed by atoms with Crippen LogP contribution < -0.4 is 5.32 Å². The lowest BCUT2D eigenvalue weighted by molar-refractivity contribution is -0.139. The lowest BCUT2D eigenvalue weighted by atomic mass is 10.2. The number of hydrogen-bond donors (Lipinski definition) is 2. The molecule has 1 heterocycles. The third kappa shape index (κ3) is 4.07. The number of likely N-dealkylation sites (tertiary alicyclic amines) is 1. The molecule has 0 aromatic heterocycles. The first kappa shape index (κ1) is 15.7. The van der Waals surface area contributed by atoms with Crippen molar-refractivity contribution in [3.8, 4) is 0 Å². The van der Waals surface area contributed by atoms with Crippen molar-refractivity contribution >= 4 is 12.0 Å². The first-order chi connectivity index (χ1) is 9.03. The van der Waals surface area contributed by atoms with E-state index < -0.39 is 12.0 Å². The van der Waals surface area contributed by atoms with Crippen LogP contribution in [0.4, 0.5) is 4.79 Å². The van der Waals surface area contributed by atoms with E-state index in [-0.39, 0.29) is 18.2 Å². The van der Waals surface area contributed by atoms with Crippen molar-refractivity contribution in [2.75, 3.05) is 27.3 Å². The molecule has 1 saturated heterocycles. The highest BCUT2D eigenvalue weighted by Gasteiger charge is 2.36. The lowest BCUT2D eigenvalue weighted by Gasteiger charge is -2.20. The first-order valence-electron chi connectivity index (χ1n) is 6.37. The van der Waals surface area contributed by atoms with Crippen LogP contribution in [-0.2, 0) is 14.3 Å². The van der Waals surface area contributed by atoms with Crippen LogP contribution in [0.3, 0.4) is 0 Å². The molecule has 0 radical (unpaired) electrons. The number of ether oxygens (including phenoxy) is 2. The number of nitrogens with one attached hydrogen (secondary N) is 1. The van der Waals surface area contributed by atoms with Crippen LogP contribution in [-0.4, -0.2) is 67.6 Å². The molecule has 1 fully saturated rings. The number of carboxylic acids is 1. The molecule has 0 aliphatic carbocycles. The number of nitrogens with zero attached hydrogens (tertiary/aromatic N) is 1. The molecule has 2 N–H and O–H groups in total. The number of urea groups is 1. The molecule has 1 aliphatic rings. The normalized spacial score (nSPS) is 24.3. The zero-order chi connectivity index (χ0) is 14.4. The fourth-order valence-corrected chi connectivity index (χ4v) is 2.15. The quantitative estimate of drug-likeness (QED) is 0.727. The Morgan fingerprint density at radius 1 is 1.32 bits per heavy atom. The van der Waals surface area contributed by atoms with E-state index in [1.165, 1.54) is 4.90 Å². The van der Waals surface area contributed by atoms with Crippen LogP contribution in [0.1, 0.15) is 19.8 Å². The minimum absolute atomic E-state index is 0.176. The second-order valence-electron chi connectivity index (χ2n) is 4.58. The van der Waals surface area contributed by atoms with Gasteiger partial charge in [0.15, 0.2) is 0 Å². The van der Waals surface area contributed by atoms with Gasteiger partial charge in [0.05, 0.1) is 13.1 Å². The van der Waals surface area contributed by atoms with E-state index in [1.807, 2.05) is 6.92 Å². The Labute approximate surface area is 112 Å². The van der Waals surface area contributed by atoms with Crippen molar-refractivity contribution in [2.24, 2.45) is 0 Å². The molecule has 110 valence electrons. The highest BCUT2D eigenvalue weighted by atomic mass is 16.5. The van der Waals surface area contributed by atoms with Gasteiger partial charge in [0.1, 0.15) is 18.2 Å². The van der Waals surface area contributed by atoms with Gasteiger partial charge in [0.2, 0.25) is 0 Å². The van der Waals surface area contributed by atoms with Crippen LogP contribution in [0, 0.1) is 0 Å². The molecule has 0 aromatic carbocycles. The second kappa shape index (κ2) is 7.30. The molecule has 0 saturated carbocycles. The van der Waals surface area contributed by atoms with E-state index in [0.717, 1.165) is 0 Å². The number of rotatable bonds is 6. The number of carboxylic acid groups (broad SMARTS) is 1. The standard InChI is InChI=1S/C12H22N2O5/c1-4-5-8(11(15)16)13-12(17)14-6-9(18-2)10(7-14)19-3/h8-10H,4-7H2,1-3H3,(H,13,17)(H,15,16)/t8-,9?,10?/m0/s1. The number of amides is 2. The Morgan fingerprint density at radius 2 is 1.84 bits per heavy atom. The van der Waals surface area contributed by atoms with Crippen molar-refractivity contribution < 1.29 is 24.2 Å². The predicted octanol–water partition coefficient (Wildman–Crippen LogP) is 0.295. The molecule has 7 nitrogen and oxygen atoms in total. The predicted molar refractivity (Wildman–Crippen MR) is 68.0 cm³/mol. The van der Waals surface area contributed by atoms with Crippen LogP contribution in [0.25, 0.3) is 0 Å². The van der Waals surface area contributed by atoms with Gasteiger partial charge in [-0.3, -0.25) is 0 Å². The molecule has 2 amide bonds. The van der Waals surface area contributed by atoms with E-state index in [2.05, 4.69) is 5.32 Å². The zero-order valence-corrected chi connectivity index (χ0v) is 11.6. The molecule has 0 aromatic rings. The number of hydrogen-bond acceptors (Lipinski definition) is 4. The summed E-state index contributed by atoms with van der Waals surface area (Å²) in [4.78, 5) is 24.5. The summed E-state index contributed by atoms with van der Waals surface area (Å²) >= 11 is 0. The summed E-state index contributed by atoms with van der Waals surface area (Å²) in [5, 5.41) is 11.5. The highest BCUT2D eigenvalue weighted by Crippen LogP contribution is 2.16. The monoisotopic (exact) mass is 274 g/mol. The third-order valence-corrected chi connectivity index (χ3v) is 3.28. The molecular formula is C12H22N2O5. The minimum atomic E-state index is -1.01. The molecule has 2 unspecified atom stereocenters. The van der Waals surface area contributed by atoms with E-state index in [1.54, 1.807) is 14.2 Å². The van der Waals surface area contributed by atoms with Gasteiger partial charge in [-0.25, -0.2) is 9.59 Å². The summed E-state index contributed by atoms with van der Waals surface area (Å²) in [6.07, 6.45) is 0.755. The van der Waals surface area contributed by atoms with Gasteiger partial charge in [-0.1, -0.05) is 13.3 Å². The van der Waals surface area contributed by atoms with E-state index in [4.69, 9.17) is 14.6 Å². The Kier molecular flexibility index (Phi) is 6.04. The second-order valence-corrected chi connectivity index (χ2v) is 4.58. The van der Waals surface area contributed by atoms with Gasteiger partial charge < -0.3 is 24.8 Å². The molecule has 1 rings (SSSR count). The minimum Gasteiger partial charge on any atom is -0.480 e. The van der Waals surface area contributed by atoms with Crippen LogP contribution >= 0.6 is 0 Å². The van der Waals surface area contributed by atoms with E-state index in [0.29, 0.717) is 25.9 Å². The van der Waals surface area contributed by atoms with Crippen molar-refractivity contribution in [1.29, 1.82) is 0 Å². The molecule has 0 bridgehead atoms. The van der Waals surface area contributed by atoms with E-state index >= 15 is 0 Å². The van der Waals surface area contributed by atoms with Gasteiger partial charge in [-0.05, 0) is 6.42 Å². The lowest BCUT2D eigenvalue weighted by Crippen LogP contribution is -2.47. The fourth-order valence-electron chi connectivity index (χ4n) is 2.15. The molecule has 0 spiro atoms. The average molecular weight is 274 g/mol. The maximum atomic E-state index is 12.0. The maximum absolute atomic E-state index is 12.0. The summed E-state index contributed by atoms with van der Waals surface area (Å²) in [5.74, 6) is -1.01. The number of carbonyl (C=O) groups is 2. The van der Waals surface area contributed by atoms with Crippen LogP contribution in [0.2, 0.25) is 0 Å². The Bertz CT molecular complexity index is 311. The van der Waals surface area contributed by atoms with E-state index in [9.17, 15) is 9.59 Å². The Balaban J connectivity index is 2.56. The number of carbonyl (C=O) groups excluding carboxylic acids is 1. The Morgan fingerprint density at radius 3 is 2.21 bits per heavy atom. The highest BCUT2D eigenvalue weighted by molar-refractivity contribution is 5.82. The summed E-state index contributed by atoms with van der Waals surface area (Å²) in [6, 6.07) is -1.23. The molecule has 3 atom stereocenters. The largest absolute Gasteiger partial charge is 0.480 e. The smallest absolute Gasteiger partial charge is 0.326 e. The van der Waals surface area contributed by atoms with Gasteiger partial charge in [0.25, 0.3) is 0 Å². The third-order valence-electron chi connectivity index (χ3n) is 3.28. The van der Waals surface area contributed by atoms with Crippen molar-refractivity contribution in [3.05, 3.63) is 0 Å².